The minimum absolute atomic E-state index is 0.325. The Morgan fingerprint density at radius 3 is 3.06 bits per heavy atom. The average molecular weight is 220 g/mol. The second-order valence-corrected chi connectivity index (χ2v) is 3.93. The number of hydrogen-bond donors (Lipinski definition) is 1. The van der Waals surface area contributed by atoms with E-state index in [-0.39, 0.29) is 0 Å². The summed E-state index contributed by atoms with van der Waals surface area (Å²) in [5.41, 5.74) is 1.18. The summed E-state index contributed by atoms with van der Waals surface area (Å²) in [6.45, 7) is 5.71. The van der Waals surface area contributed by atoms with Gasteiger partial charge in [0.05, 0.1) is 19.4 Å². The zero-order chi connectivity index (χ0) is 11.4. The first kappa shape index (κ1) is 10.9. The summed E-state index contributed by atoms with van der Waals surface area (Å²) in [6, 6.07) is 2.30. The van der Waals surface area contributed by atoms with Gasteiger partial charge in [-0.1, -0.05) is 0 Å². The molecule has 0 aromatic carbocycles. The summed E-state index contributed by atoms with van der Waals surface area (Å²) in [4.78, 5) is 3.90. The van der Waals surface area contributed by atoms with Gasteiger partial charge >= 0.3 is 0 Å². The molecule has 2 aromatic rings. The van der Waals surface area contributed by atoms with Gasteiger partial charge in [0.2, 0.25) is 0 Å². The van der Waals surface area contributed by atoms with E-state index >= 15 is 0 Å². The highest BCUT2D eigenvalue weighted by Gasteiger charge is 2.06. The second-order valence-electron chi connectivity index (χ2n) is 3.93. The molecule has 0 bridgehead atoms. The first-order valence-electron chi connectivity index (χ1n) is 5.34. The fraction of sp³-hybridized carbons (Fsp3) is 0.455. The maximum absolute atomic E-state index is 5.35. The highest BCUT2D eigenvalue weighted by Crippen LogP contribution is 2.08. The van der Waals surface area contributed by atoms with Gasteiger partial charge in [-0.3, -0.25) is 4.68 Å². The molecule has 2 aromatic heterocycles. The number of nitrogens with zero attached hydrogens (tertiary/aromatic N) is 3. The molecule has 1 unspecified atom stereocenters. The minimum Gasteiger partial charge on any atom is -0.468 e. The van der Waals surface area contributed by atoms with E-state index in [1.165, 1.54) is 5.56 Å². The molecule has 0 aliphatic carbocycles. The van der Waals surface area contributed by atoms with Gasteiger partial charge in [-0.05, 0) is 25.5 Å². The van der Waals surface area contributed by atoms with Crippen LogP contribution in [0.2, 0.25) is 0 Å². The molecule has 1 N–H and O–H groups in total. The average Bonchev–Trinajstić information content (AvgIpc) is 2.87. The third-order valence-corrected chi connectivity index (χ3v) is 2.51. The van der Waals surface area contributed by atoms with Gasteiger partial charge < -0.3 is 9.73 Å². The maximum Gasteiger partial charge on any atom is 0.137 e. The lowest BCUT2D eigenvalue weighted by atomic mass is 10.2. The molecule has 5 heteroatoms. The van der Waals surface area contributed by atoms with Gasteiger partial charge in [0.25, 0.3) is 0 Å². The Bertz CT molecular complexity index is 421. The number of aromatic nitrogens is 3. The van der Waals surface area contributed by atoms with Crippen LogP contribution in [0.25, 0.3) is 0 Å². The Balaban J connectivity index is 1.80. The van der Waals surface area contributed by atoms with Gasteiger partial charge in [0, 0.05) is 6.04 Å². The molecule has 0 aliphatic rings. The zero-order valence-corrected chi connectivity index (χ0v) is 9.55. The van der Waals surface area contributed by atoms with E-state index in [1.54, 1.807) is 18.9 Å². The van der Waals surface area contributed by atoms with Crippen LogP contribution in [0, 0.1) is 6.92 Å². The Labute approximate surface area is 94.5 Å². The Hall–Kier alpha value is -1.62. The van der Waals surface area contributed by atoms with Crippen molar-refractivity contribution in [2.45, 2.75) is 33.0 Å². The Morgan fingerprint density at radius 2 is 2.44 bits per heavy atom. The number of aryl methyl sites for hydroxylation is 1. The predicted molar refractivity (Wildman–Crippen MR) is 59.8 cm³/mol. The van der Waals surface area contributed by atoms with Gasteiger partial charge in [0.15, 0.2) is 0 Å². The fourth-order valence-electron chi connectivity index (χ4n) is 1.52. The van der Waals surface area contributed by atoms with E-state index in [0.717, 1.165) is 18.8 Å². The van der Waals surface area contributed by atoms with Crippen molar-refractivity contribution in [3.8, 4) is 0 Å². The van der Waals surface area contributed by atoms with Crippen LogP contribution in [0.4, 0.5) is 0 Å². The Morgan fingerprint density at radius 1 is 1.56 bits per heavy atom. The maximum atomic E-state index is 5.35. The smallest absolute Gasteiger partial charge is 0.137 e. The molecule has 0 aliphatic heterocycles. The first-order chi connectivity index (χ1) is 7.75. The number of nitrogens with one attached hydrogen (secondary N) is 1. The summed E-state index contributed by atoms with van der Waals surface area (Å²) in [6.07, 6.45) is 4.98. The predicted octanol–water partition coefficient (Wildman–Crippen LogP) is 1.36. The van der Waals surface area contributed by atoms with E-state index in [2.05, 4.69) is 22.3 Å². The monoisotopic (exact) mass is 220 g/mol. The van der Waals surface area contributed by atoms with E-state index in [9.17, 15) is 0 Å². The number of furan rings is 1. The largest absolute Gasteiger partial charge is 0.468 e. The molecule has 0 saturated carbocycles. The highest BCUT2D eigenvalue weighted by molar-refractivity contribution is 5.14. The molecule has 0 spiro atoms. The third kappa shape index (κ3) is 2.70. The summed E-state index contributed by atoms with van der Waals surface area (Å²) < 4.78 is 7.16. The molecule has 0 fully saturated rings. The van der Waals surface area contributed by atoms with Crippen molar-refractivity contribution in [2.75, 3.05) is 0 Å². The molecule has 16 heavy (non-hydrogen) atoms. The minimum atomic E-state index is 0.325. The quantitative estimate of drug-likeness (QED) is 0.826. The Kier molecular flexibility index (Phi) is 3.36. The lowest BCUT2D eigenvalue weighted by Gasteiger charge is -2.12. The van der Waals surface area contributed by atoms with Crippen molar-refractivity contribution in [1.29, 1.82) is 0 Å². The number of rotatable bonds is 5. The van der Waals surface area contributed by atoms with Crippen molar-refractivity contribution in [1.82, 2.24) is 20.1 Å². The highest BCUT2D eigenvalue weighted by atomic mass is 16.3. The van der Waals surface area contributed by atoms with Crippen molar-refractivity contribution in [3.05, 3.63) is 36.3 Å². The topological polar surface area (TPSA) is 55.9 Å². The van der Waals surface area contributed by atoms with Crippen molar-refractivity contribution in [2.24, 2.45) is 0 Å². The van der Waals surface area contributed by atoms with E-state index in [1.807, 2.05) is 17.7 Å². The normalized spacial score (nSPS) is 12.9. The van der Waals surface area contributed by atoms with E-state index < -0.39 is 0 Å². The molecule has 5 nitrogen and oxygen atoms in total. The van der Waals surface area contributed by atoms with Gasteiger partial charge in [0.1, 0.15) is 18.4 Å². The zero-order valence-electron chi connectivity index (χ0n) is 9.55. The molecule has 0 saturated heterocycles. The standard InChI is InChI=1S/C11H16N4O/c1-9-3-4-16-11(9)5-13-10(2)6-15-8-12-7-14-15/h3-4,7-8,10,13H,5-6H2,1-2H3. The van der Waals surface area contributed by atoms with Crippen LogP contribution in [-0.2, 0) is 13.1 Å². The molecule has 86 valence electrons. The van der Waals surface area contributed by atoms with E-state index in [0.29, 0.717) is 6.04 Å². The summed E-state index contributed by atoms with van der Waals surface area (Å²) in [5, 5.41) is 7.44. The van der Waals surface area contributed by atoms with Crippen molar-refractivity contribution >= 4 is 0 Å². The van der Waals surface area contributed by atoms with Gasteiger partial charge in [-0.2, -0.15) is 5.10 Å². The molecule has 1 atom stereocenters. The summed E-state index contributed by atoms with van der Waals surface area (Å²) in [7, 11) is 0. The van der Waals surface area contributed by atoms with Crippen LogP contribution in [0.15, 0.2) is 29.4 Å². The van der Waals surface area contributed by atoms with Gasteiger partial charge in [-0.25, -0.2) is 4.98 Å². The summed E-state index contributed by atoms with van der Waals surface area (Å²) >= 11 is 0. The molecule has 2 rings (SSSR count). The first-order valence-corrected chi connectivity index (χ1v) is 5.34. The SMILES string of the molecule is Cc1ccoc1CNC(C)Cn1cncn1. The number of hydrogen-bond acceptors (Lipinski definition) is 4. The second kappa shape index (κ2) is 4.94. The summed E-state index contributed by atoms with van der Waals surface area (Å²) in [5.74, 6) is 0.991. The van der Waals surface area contributed by atoms with Crippen molar-refractivity contribution in [3.63, 3.8) is 0 Å². The molecule has 0 radical (unpaired) electrons. The van der Waals surface area contributed by atoms with Crippen LogP contribution in [0.5, 0.6) is 0 Å². The van der Waals surface area contributed by atoms with E-state index in [4.69, 9.17) is 4.42 Å². The molecular weight excluding hydrogens is 204 g/mol. The van der Waals surface area contributed by atoms with Crippen LogP contribution >= 0.6 is 0 Å². The molecular formula is C11H16N4O. The molecule has 0 amide bonds. The van der Waals surface area contributed by atoms with Crippen molar-refractivity contribution < 1.29 is 4.42 Å². The third-order valence-electron chi connectivity index (χ3n) is 2.51. The van der Waals surface area contributed by atoms with Crippen LogP contribution in [0.3, 0.4) is 0 Å². The van der Waals surface area contributed by atoms with Gasteiger partial charge in [-0.15, -0.1) is 0 Å². The van der Waals surface area contributed by atoms with Crippen LogP contribution in [0.1, 0.15) is 18.2 Å². The van der Waals surface area contributed by atoms with Crippen LogP contribution < -0.4 is 5.32 Å². The lowest BCUT2D eigenvalue weighted by Crippen LogP contribution is -2.30. The van der Waals surface area contributed by atoms with Crippen LogP contribution in [-0.4, -0.2) is 20.8 Å². The fourth-order valence-corrected chi connectivity index (χ4v) is 1.52. The lowest BCUT2D eigenvalue weighted by molar-refractivity contribution is 0.413. The molecule has 2 heterocycles.